The summed E-state index contributed by atoms with van der Waals surface area (Å²) in [6.07, 6.45) is 1.16. The van der Waals surface area contributed by atoms with Crippen LogP contribution in [0.1, 0.15) is 34.6 Å². The quantitative estimate of drug-likeness (QED) is 0.722. The number of carbonyl (C=O) groups is 1. The van der Waals surface area contributed by atoms with Crippen molar-refractivity contribution in [1.82, 2.24) is 5.32 Å². The third-order valence-electron chi connectivity index (χ3n) is 4.51. The Morgan fingerprint density at radius 2 is 1.81 bits per heavy atom. The van der Waals surface area contributed by atoms with Crippen molar-refractivity contribution in [3.05, 3.63) is 59.4 Å². The molecule has 0 saturated carbocycles. The van der Waals surface area contributed by atoms with E-state index < -0.39 is 9.84 Å². The highest BCUT2D eigenvalue weighted by Crippen LogP contribution is 2.29. The molecule has 0 fully saturated rings. The fraction of sp³-hybridized carbons (Fsp3) is 0.250. The second kappa shape index (κ2) is 7.08. The molecule has 3 aromatic rings. The summed E-state index contributed by atoms with van der Waals surface area (Å²) in [6, 6.07) is 11.5. The van der Waals surface area contributed by atoms with E-state index in [1.165, 1.54) is 12.1 Å². The van der Waals surface area contributed by atoms with Gasteiger partial charge in [-0.2, -0.15) is 0 Å². The van der Waals surface area contributed by atoms with Crippen LogP contribution in [0.4, 0.5) is 0 Å². The molecule has 0 radical (unpaired) electrons. The normalized spacial score (nSPS) is 12.7. The number of carbonyl (C=O) groups excluding carboxylic acids is 1. The van der Waals surface area contributed by atoms with E-state index in [2.05, 4.69) is 5.32 Å². The highest BCUT2D eigenvalue weighted by molar-refractivity contribution is 7.90. The first-order chi connectivity index (χ1) is 12.7. The Morgan fingerprint density at radius 1 is 1.15 bits per heavy atom. The minimum absolute atomic E-state index is 0.242. The Hall–Kier alpha value is -2.80. The van der Waals surface area contributed by atoms with Crippen LogP contribution in [-0.4, -0.2) is 27.7 Å². The minimum atomic E-state index is -3.25. The number of amides is 1. The summed E-state index contributed by atoms with van der Waals surface area (Å²) in [7, 11) is -1.67. The topological polar surface area (TPSA) is 85.6 Å². The molecule has 1 unspecified atom stereocenters. The average molecular weight is 387 g/mol. The maximum Gasteiger partial charge on any atom is 0.287 e. The minimum Gasteiger partial charge on any atom is -0.497 e. The molecule has 3 rings (SSSR count). The predicted molar refractivity (Wildman–Crippen MR) is 103 cm³/mol. The number of nitrogens with one attached hydrogen (secondary N) is 1. The van der Waals surface area contributed by atoms with Gasteiger partial charge in [-0.1, -0.05) is 12.1 Å². The molecule has 7 heteroatoms. The second-order valence-corrected chi connectivity index (χ2v) is 8.47. The van der Waals surface area contributed by atoms with Gasteiger partial charge in [-0.25, -0.2) is 8.42 Å². The van der Waals surface area contributed by atoms with Gasteiger partial charge in [-0.3, -0.25) is 4.79 Å². The molecule has 27 heavy (non-hydrogen) atoms. The molecule has 0 aliphatic heterocycles. The predicted octanol–water partition coefficient (Wildman–Crippen LogP) is 3.64. The number of fused-ring (bicyclic) bond motifs is 1. The van der Waals surface area contributed by atoms with Gasteiger partial charge in [0.15, 0.2) is 15.6 Å². The summed E-state index contributed by atoms with van der Waals surface area (Å²) in [5.41, 5.74) is 2.15. The summed E-state index contributed by atoms with van der Waals surface area (Å²) in [5, 5.41) is 3.71. The largest absolute Gasteiger partial charge is 0.497 e. The third kappa shape index (κ3) is 3.83. The number of hydrogen-bond acceptors (Lipinski definition) is 5. The lowest BCUT2D eigenvalue weighted by atomic mass is 10.1. The average Bonchev–Trinajstić information content (AvgIpc) is 2.97. The Labute approximate surface area is 158 Å². The van der Waals surface area contributed by atoms with E-state index in [1.54, 1.807) is 31.4 Å². The summed E-state index contributed by atoms with van der Waals surface area (Å²) < 4.78 is 34.0. The first-order valence-electron chi connectivity index (χ1n) is 8.38. The van der Waals surface area contributed by atoms with Crippen LogP contribution < -0.4 is 10.1 Å². The smallest absolute Gasteiger partial charge is 0.287 e. The van der Waals surface area contributed by atoms with Crippen LogP contribution in [0.3, 0.4) is 0 Å². The van der Waals surface area contributed by atoms with Gasteiger partial charge in [-0.15, -0.1) is 0 Å². The molecule has 1 aromatic heterocycles. The van der Waals surface area contributed by atoms with E-state index in [0.29, 0.717) is 11.3 Å². The standard InChI is InChI=1S/C20H21NO5S/c1-12-17-11-15(25-3)7-10-18(17)26-19(12)20(22)21-13(2)14-5-8-16(9-6-14)27(4,23)24/h5-11,13H,1-4H3,(H,21,22). The zero-order valence-electron chi connectivity index (χ0n) is 15.6. The van der Waals surface area contributed by atoms with E-state index >= 15 is 0 Å². The van der Waals surface area contributed by atoms with Gasteiger partial charge in [0.25, 0.3) is 5.91 Å². The molecule has 142 valence electrons. The molecule has 2 aromatic carbocycles. The van der Waals surface area contributed by atoms with E-state index in [9.17, 15) is 13.2 Å². The van der Waals surface area contributed by atoms with Crippen LogP contribution >= 0.6 is 0 Å². The van der Waals surface area contributed by atoms with Crippen LogP contribution in [0.15, 0.2) is 51.8 Å². The van der Waals surface area contributed by atoms with Crippen LogP contribution in [0, 0.1) is 6.92 Å². The monoisotopic (exact) mass is 387 g/mol. The fourth-order valence-corrected chi connectivity index (χ4v) is 3.52. The zero-order valence-corrected chi connectivity index (χ0v) is 16.4. The number of benzene rings is 2. The Balaban J connectivity index is 1.82. The van der Waals surface area contributed by atoms with Crippen molar-refractivity contribution in [1.29, 1.82) is 0 Å². The van der Waals surface area contributed by atoms with Crippen LogP contribution in [-0.2, 0) is 9.84 Å². The molecular weight excluding hydrogens is 366 g/mol. The lowest BCUT2D eigenvalue weighted by Gasteiger charge is -2.14. The number of aryl methyl sites for hydroxylation is 1. The number of furan rings is 1. The van der Waals surface area contributed by atoms with Crippen molar-refractivity contribution in [2.45, 2.75) is 24.8 Å². The van der Waals surface area contributed by atoms with Gasteiger partial charge in [0.1, 0.15) is 11.3 Å². The maximum atomic E-state index is 12.7. The zero-order chi connectivity index (χ0) is 19.8. The number of ether oxygens (including phenoxy) is 1. The number of rotatable bonds is 5. The van der Waals surface area contributed by atoms with Gasteiger partial charge in [-0.05, 0) is 49.7 Å². The van der Waals surface area contributed by atoms with Crippen LogP contribution in [0.2, 0.25) is 0 Å². The highest BCUT2D eigenvalue weighted by atomic mass is 32.2. The first-order valence-corrected chi connectivity index (χ1v) is 10.3. The molecule has 1 N–H and O–H groups in total. The number of hydrogen-bond donors (Lipinski definition) is 1. The van der Waals surface area contributed by atoms with Crippen molar-refractivity contribution in [2.24, 2.45) is 0 Å². The number of methoxy groups -OCH3 is 1. The molecule has 0 aliphatic carbocycles. The van der Waals surface area contributed by atoms with Crippen molar-refractivity contribution in [2.75, 3.05) is 13.4 Å². The maximum absolute atomic E-state index is 12.7. The summed E-state index contributed by atoms with van der Waals surface area (Å²) in [5.74, 6) is 0.609. The molecule has 0 bridgehead atoms. The van der Waals surface area contributed by atoms with E-state index in [-0.39, 0.29) is 22.6 Å². The van der Waals surface area contributed by atoms with Crippen LogP contribution in [0.5, 0.6) is 5.75 Å². The van der Waals surface area contributed by atoms with Gasteiger partial charge >= 0.3 is 0 Å². The Bertz CT molecular complexity index is 1100. The lowest BCUT2D eigenvalue weighted by molar-refractivity contribution is 0.0913. The highest BCUT2D eigenvalue weighted by Gasteiger charge is 2.20. The molecule has 0 saturated heterocycles. The van der Waals surface area contributed by atoms with E-state index in [4.69, 9.17) is 9.15 Å². The summed E-state index contributed by atoms with van der Waals surface area (Å²) in [6.45, 7) is 3.65. The van der Waals surface area contributed by atoms with Crippen molar-refractivity contribution < 1.29 is 22.4 Å². The van der Waals surface area contributed by atoms with Gasteiger partial charge < -0.3 is 14.5 Å². The second-order valence-electron chi connectivity index (χ2n) is 6.45. The fourth-order valence-electron chi connectivity index (χ4n) is 2.89. The Morgan fingerprint density at radius 3 is 2.41 bits per heavy atom. The summed E-state index contributed by atoms with van der Waals surface area (Å²) in [4.78, 5) is 12.9. The molecule has 1 atom stereocenters. The van der Waals surface area contributed by atoms with Gasteiger partial charge in [0.05, 0.1) is 18.0 Å². The van der Waals surface area contributed by atoms with Crippen molar-refractivity contribution >= 4 is 26.7 Å². The van der Waals surface area contributed by atoms with Crippen LogP contribution in [0.25, 0.3) is 11.0 Å². The van der Waals surface area contributed by atoms with E-state index in [1.807, 2.05) is 19.9 Å². The van der Waals surface area contributed by atoms with Gasteiger partial charge in [0, 0.05) is 17.2 Å². The number of sulfone groups is 1. The molecule has 1 heterocycles. The first kappa shape index (κ1) is 19.0. The molecule has 6 nitrogen and oxygen atoms in total. The Kier molecular flexibility index (Phi) is 4.97. The third-order valence-corrected chi connectivity index (χ3v) is 5.63. The molecule has 1 amide bonds. The molecule has 0 aliphatic rings. The van der Waals surface area contributed by atoms with Gasteiger partial charge in [0.2, 0.25) is 0 Å². The van der Waals surface area contributed by atoms with Crippen molar-refractivity contribution in [3.63, 3.8) is 0 Å². The molecular formula is C20H21NO5S. The molecule has 0 spiro atoms. The SMILES string of the molecule is COc1ccc2oc(C(=O)NC(C)c3ccc(S(C)(=O)=O)cc3)c(C)c2c1. The lowest BCUT2D eigenvalue weighted by Crippen LogP contribution is -2.26. The summed E-state index contributed by atoms with van der Waals surface area (Å²) >= 11 is 0. The van der Waals surface area contributed by atoms with Crippen molar-refractivity contribution in [3.8, 4) is 5.75 Å². The van der Waals surface area contributed by atoms with E-state index in [0.717, 1.165) is 22.8 Å².